The Morgan fingerprint density at radius 2 is 2.12 bits per heavy atom. The second-order valence-corrected chi connectivity index (χ2v) is 3.91. The van der Waals surface area contributed by atoms with Crippen LogP contribution in [0, 0.1) is 6.92 Å². The fraction of sp³-hybridized carbons (Fsp3) is 0.125. The predicted molar refractivity (Wildman–Crippen MR) is 60.4 cm³/mol. The average Bonchev–Trinajstić information content (AvgIpc) is 2.62. The first-order valence-corrected chi connectivity index (χ1v) is 5.33. The Bertz CT molecular complexity index is 683. The van der Waals surface area contributed by atoms with Gasteiger partial charge in [0.1, 0.15) is 0 Å². The third-order valence-corrected chi connectivity index (χ3v) is 2.58. The number of azo groups is 1. The molecule has 0 aliphatic rings. The van der Waals surface area contributed by atoms with E-state index in [0.29, 0.717) is 5.13 Å². The summed E-state index contributed by atoms with van der Waals surface area (Å²) in [5.41, 5.74) is -1.21. The minimum absolute atomic E-state index is 0.354. The molecule has 0 atom stereocenters. The summed E-state index contributed by atoms with van der Waals surface area (Å²) in [6, 6.07) is 0. The van der Waals surface area contributed by atoms with E-state index < -0.39 is 17.1 Å². The molecule has 0 unspecified atom stereocenters. The molecule has 0 spiro atoms. The Morgan fingerprint density at radius 1 is 1.35 bits per heavy atom. The van der Waals surface area contributed by atoms with Crippen molar-refractivity contribution in [3.8, 4) is 5.88 Å². The second kappa shape index (κ2) is 4.29. The van der Waals surface area contributed by atoms with Gasteiger partial charge in [0.25, 0.3) is 5.56 Å². The highest BCUT2D eigenvalue weighted by Gasteiger charge is 2.07. The van der Waals surface area contributed by atoms with Crippen molar-refractivity contribution in [1.82, 2.24) is 15.0 Å². The monoisotopic (exact) mass is 253 g/mol. The summed E-state index contributed by atoms with van der Waals surface area (Å²) in [6.07, 6.45) is 0. The van der Waals surface area contributed by atoms with Crippen LogP contribution in [-0.4, -0.2) is 20.1 Å². The lowest BCUT2D eigenvalue weighted by molar-refractivity contribution is 0.450. The Labute approximate surface area is 97.7 Å². The number of H-pyrrole nitrogens is 2. The van der Waals surface area contributed by atoms with Crippen LogP contribution < -0.4 is 11.2 Å². The number of nitrogens with one attached hydrogen (secondary N) is 2. The molecule has 0 fully saturated rings. The SMILES string of the molecule is Cc1csc(N=Nc2c(O)[nH]c(=O)[nH]c2=O)n1. The van der Waals surface area contributed by atoms with Crippen molar-refractivity contribution < 1.29 is 5.11 Å². The summed E-state index contributed by atoms with van der Waals surface area (Å²) in [5.74, 6) is -0.629. The molecule has 2 aromatic heterocycles. The third-order valence-electron chi connectivity index (χ3n) is 1.74. The van der Waals surface area contributed by atoms with Crippen molar-refractivity contribution in [2.24, 2.45) is 10.2 Å². The number of hydrogen-bond acceptors (Lipinski definition) is 7. The molecule has 0 amide bonds. The van der Waals surface area contributed by atoms with Gasteiger partial charge in [-0.1, -0.05) is 0 Å². The highest BCUT2D eigenvalue weighted by Crippen LogP contribution is 2.22. The lowest BCUT2D eigenvalue weighted by Gasteiger charge is -1.93. The molecule has 2 aromatic rings. The van der Waals surface area contributed by atoms with E-state index in [4.69, 9.17) is 0 Å². The maximum absolute atomic E-state index is 11.3. The van der Waals surface area contributed by atoms with Crippen LogP contribution in [0.15, 0.2) is 25.2 Å². The average molecular weight is 253 g/mol. The van der Waals surface area contributed by atoms with Gasteiger partial charge in [-0.05, 0) is 6.92 Å². The van der Waals surface area contributed by atoms with Gasteiger partial charge in [0, 0.05) is 5.38 Å². The molecule has 2 heterocycles. The Hall–Kier alpha value is -2.29. The van der Waals surface area contributed by atoms with Gasteiger partial charge in [-0.25, -0.2) is 9.78 Å². The summed E-state index contributed by atoms with van der Waals surface area (Å²) < 4.78 is 0. The molecule has 0 aromatic carbocycles. The molecule has 2 rings (SSSR count). The molecule has 0 radical (unpaired) electrons. The van der Waals surface area contributed by atoms with E-state index in [-0.39, 0.29) is 5.69 Å². The van der Waals surface area contributed by atoms with Gasteiger partial charge in [-0.3, -0.25) is 14.8 Å². The number of aryl methyl sites for hydroxylation is 1. The number of hydrogen-bond donors (Lipinski definition) is 3. The standard InChI is InChI=1S/C8H7N5O3S/c1-3-2-17-8(9-3)13-12-4-5(14)10-7(16)11-6(4)15/h2H,1H3,(H3,10,11,14,15,16). The van der Waals surface area contributed by atoms with Crippen molar-refractivity contribution in [3.63, 3.8) is 0 Å². The van der Waals surface area contributed by atoms with E-state index in [1.807, 2.05) is 9.97 Å². The summed E-state index contributed by atoms with van der Waals surface area (Å²) in [6.45, 7) is 1.79. The molecule has 88 valence electrons. The largest absolute Gasteiger partial charge is 0.493 e. The van der Waals surface area contributed by atoms with E-state index in [1.165, 1.54) is 11.3 Å². The van der Waals surface area contributed by atoms with Crippen LogP contribution in [0.25, 0.3) is 0 Å². The van der Waals surface area contributed by atoms with E-state index >= 15 is 0 Å². The second-order valence-electron chi connectivity index (χ2n) is 3.08. The fourth-order valence-electron chi connectivity index (χ4n) is 1.04. The molecule has 0 saturated heterocycles. The van der Waals surface area contributed by atoms with Gasteiger partial charge < -0.3 is 5.11 Å². The Kier molecular flexibility index (Phi) is 2.83. The van der Waals surface area contributed by atoms with Gasteiger partial charge in [-0.15, -0.1) is 21.6 Å². The van der Waals surface area contributed by atoms with Crippen LogP contribution in [-0.2, 0) is 0 Å². The van der Waals surface area contributed by atoms with Gasteiger partial charge in [0.2, 0.25) is 16.7 Å². The summed E-state index contributed by atoms with van der Waals surface area (Å²) in [5, 5.41) is 18.7. The molecule has 0 bridgehead atoms. The van der Waals surface area contributed by atoms with E-state index in [1.54, 1.807) is 12.3 Å². The van der Waals surface area contributed by atoms with Crippen LogP contribution in [0.4, 0.5) is 10.8 Å². The molecule has 17 heavy (non-hydrogen) atoms. The number of aromatic amines is 2. The van der Waals surface area contributed by atoms with Crippen molar-refractivity contribution >= 4 is 22.2 Å². The first-order chi connectivity index (χ1) is 8.06. The lowest BCUT2D eigenvalue weighted by Crippen LogP contribution is -2.20. The van der Waals surface area contributed by atoms with E-state index in [0.717, 1.165) is 5.69 Å². The number of thiazole rings is 1. The number of rotatable bonds is 2. The molecule has 0 aliphatic heterocycles. The molecule has 0 aliphatic carbocycles. The number of aromatic nitrogens is 3. The van der Waals surface area contributed by atoms with E-state index in [2.05, 4.69) is 15.2 Å². The molecule has 3 N–H and O–H groups in total. The lowest BCUT2D eigenvalue weighted by atomic mass is 10.5. The zero-order valence-electron chi connectivity index (χ0n) is 8.59. The van der Waals surface area contributed by atoms with E-state index in [9.17, 15) is 14.7 Å². The van der Waals surface area contributed by atoms with Crippen LogP contribution in [0.3, 0.4) is 0 Å². The maximum atomic E-state index is 11.3. The highest BCUT2D eigenvalue weighted by atomic mass is 32.1. The summed E-state index contributed by atoms with van der Waals surface area (Å²) in [4.78, 5) is 30.0. The van der Waals surface area contributed by atoms with Crippen molar-refractivity contribution in [1.29, 1.82) is 0 Å². The molecular formula is C8H7N5O3S. The highest BCUT2D eigenvalue weighted by molar-refractivity contribution is 7.13. The number of nitrogens with zero attached hydrogens (tertiary/aromatic N) is 3. The number of aromatic hydroxyl groups is 1. The smallest absolute Gasteiger partial charge is 0.328 e. The zero-order chi connectivity index (χ0) is 12.4. The first kappa shape index (κ1) is 11.2. The predicted octanol–water partition coefficient (Wildman–Crippen LogP) is 0.949. The topological polar surface area (TPSA) is 124 Å². The summed E-state index contributed by atoms with van der Waals surface area (Å²) >= 11 is 1.25. The van der Waals surface area contributed by atoms with Gasteiger partial charge in [0.05, 0.1) is 5.69 Å². The minimum Gasteiger partial charge on any atom is -0.493 e. The quantitative estimate of drug-likeness (QED) is 0.689. The van der Waals surface area contributed by atoms with Crippen LogP contribution in [0.5, 0.6) is 5.88 Å². The Balaban J connectivity index is 2.40. The van der Waals surface area contributed by atoms with Crippen molar-refractivity contribution in [3.05, 3.63) is 31.9 Å². The van der Waals surface area contributed by atoms with Gasteiger partial charge in [-0.2, -0.15) is 0 Å². The molecule has 0 saturated carbocycles. The normalized spacial score (nSPS) is 11.1. The molecular weight excluding hydrogens is 246 g/mol. The fourth-order valence-corrected chi connectivity index (χ4v) is 1.65. The van der Waals surface area contributed by atoms with Gasteiger partial charge >= 0.3 is 5.69 Å². The van der Waals surface area contributed by atoms with Crippen molar-refractivity contribution in [2.75, 3.05) is 0 Å². The van der Waals surface area contributed by atoms with Crippen LogP contribution in [0.1, 0.15) is 5.69 Å². The first-order valence-electron chi connectivity index (χ1n) is 4.45. The van der Waals surface area contributed by atoms with Crippen molar-refractivity contribution in [2.45, 2.75) is 6.92 Å². The van der Waals surface area contributed by atoms with Gasteiger partial charge in [0.15, 0.2) is 0 Å². The zero-order valence-corrected chi connectivity index (χ0v) is 9.41. The molecule has 9 heteroatoms. The Morgan fingerprint density at radius 3 is 2.71 bits per heavy atom. The maximum Gasteiger partial charge on any atom is 0.328 e. The summed E-state index contributed by atoms with van der Waals surface area (Å²) in [7, 11) is 0. The third kappa shape index (κ3) is 2.45. The van der Waals surface area contributed by atoms with Crippen LogP contribution >= 0.6 is 11.3 Å². The minimum atomic E-state index is -0.816. The van der Waals surface area contributed by atoms with Crippen LogP contribution in [0.2, 0.25) is 0 Å². The molecule has 8 nitrogen and oxygen atoms in total.